The second-order valence-electron chi connectivity index (χ2n) is 5.74. The minimum Gasteiger partial charge on any atom is -0.463 e. The van der Waals surface area contributed by atoms with Crippen molar-refractivity contribution in [3.05, 3.63) is 48.0 Å². The highest BCUT2D eigenvalue weighted by atomic mass is 16.5. The van der Waals surface area contributed by atoms with Crippen LogP contribution in [0.5, 0.6) is 0 Å². The molecule has 0 amide bonds. The molecule has 22 heavy (non-hydrogen) atoms. The summed E-state index contributed by atoms with van der Waals surface area (Å²) < 4.78 is 5.06. The zero-order valence-corrected chi connectivity index (χ0v) is 13.3. The molecule has 2 atom stereocenters. The van der Waals surface area contributed by atoms with E-state index in [1.807, 2.05) is 19.1 Å². The van der Waals surface area contributed by atoms with Crippen molar-refractivity contribution in [1.82, 2.24) is 0 Å². The third-order valence-electron chi connectivity index (χ3n) is 4.14. The number of hydrogen-bond donors (Lipinski definition) is 1. The van der Waals surface area contributed by atoms with Gasteiger partial charge in [-0.3, -0.25) is 4.79 Å². The second kappa shape index (κ2) is 7.95. The summed E-state index contributed by atoms with van der Waals surface area (Å²) in [5.41, 5.74) is 1.24. The van der Waals surface area contributed by atoms with Gasteiger partial charge in [0.2, 0.25) is 0 Å². The van der Waals surface area contributed by atoms with Crippen molar-refractivity contribution < 1.29 is 14.6 Å². The van der Waals surface area contributed by atoms with Gasteiger partial charge < -0.3 is 9.84 Å². The van der Waals surface area contributed by atoms with Crippen molar-refractivity contribution in [2.75, 3.05) is 13.2 Å². The summed E-state index contributed by atoms with van der Waals surface area (Å²) >= 11 is 0. The number of fused-ring (bicyclic) bond motifs is 1. The van der Waals surface area contributed by atoms with Crippen molar-refractivity contribution in [3.63, 3.8) is 0 Å². The highest BCUT2D eigenvalue weighted by Gasteiger charge is 2.21. The van der Waals surface area contributed by atoms with Gasteiger partial charge in [-0.25, -0.2) is 0 Å². The summed E-state index contributed by atoms with van der Waals surface area (Å²) in [6, 6.07) is 14.8. The van der Waals surface area contributed by atoms with Crippen LogP contribution < -0.4 is 0 Å². The van der Waals surface area contributed by atoms with E-state index in [1.165, 1.54) is 16.3 Å². The lowest BCUT2D eigenvalue weighted by Gasteiger charge is -2.19. The molecule has 0 aliphatic heterocycles. The van der Waals surface area contributed by atoms with Crippen LogP contribution in [0, 0.1) is 5.92 Å². The molecule has 0 spiro atoms. The zero-order chi connectivity index (χ0) is 15.9. The predicted octanol–water partition coefficient (Wildman–Crippen LogP) is 3.90. The van der Waals surface area contributed by atoms with Gasteiger partial charge in [-0.15, -0.1) is 0 Å². The number of aliphatic hydroxyl groups excluding tert-OH is 1. The first kappa shape index (κ1) is 16.5. The molecule has 2 rings (SSSR count). The van der Waals surface area contributed by atoms with Crippen LogP contribution in [0.4, 0.5) is 0 Å². The van der Waals surface area contributed by atoms with E-state index in [0.717, 1.165) is 12.8 Å². The Labute approximate surface area is 131 Å². The molecule has 0 fully saturated rings. The fourth-order valence-electron chi connectivity index (χ4n) is 2.77. The number of hydrogen-bond acceptors (Lipinski definition) is 3. The smallest absolute Gasteiger partial charge is 0.309 e. The topological polar surface area (TPSA) is 46.5 Å². The third-order valence-corrected chi connectivity index (χ3v) is 4.14. The van der Waals surface area contributed by atoms with E-state index in [-0.39, 0.29) is 31.0 Å². The van der Waals surface area contributed by atoms with E-state index < -0.39 is 0 Å². The Kier molecular flexibility index (Phi) is 5.96. The molecule has 2 unspecified atom stereocenters. The molecular weight excluding hydrogens is 276 g/mol. The maximum absolute atomic E-state index is 12.0. The van der Waals surface area contributed by atoms with Gasteiger partial charge in [-0.1, -0.05) is 56.3 Å². The number of ether oxygens (including phenoxy) is 1. The zero-order valence-electron chi connectivity index (χ0n) is 13.3. The average molecular weight is 300 g/mol. The number of benzene rings is 2. The SMILES string of the molecule is CCC(CC(C)c1ccc2ccccc2c1)C(=O)OCCO. The molecule has 0 radical (unpaired) electrons. The molecule has 0 saturated carbocycles. The fraction of sp³-hybridized carbons (Fsp3) is 0.421. The van der Waals surface area contributed by atoms with Gasteiger partial charge in [0.15, 0.2) is 0 Å². The molecular formula is C19H24O3. The van der Waals surface area contributed by atoms with Crippen LogP contribution in [0.25, 0.3) is 10.8 Å². The normalized spacial score (nSPS) is 13.8. The quantitative estimate of drug-likeness (QED) is 0.789. The monoisotopic (exact) mass is 300 g/mol. The fourth-order valence-corrected chi connectivity index (χ4v) is 2.77. The molecule has 118 valence electrons. The van der Waals surface area contributed by atoms with Gasteiger partial charge in [0.1, 0.15) is 6.61 Å². The lowest BCUT2D eigenvalue weighted by molar-refractivity contribution is -0.150. The van der Waals surface area contributed by atoms with Crippen LogP contribution in [-0.4, -0.2) is 24.3 Å². The molecule has 0 bridgehead atoms. The standard InChI is InChI=1S/C19H24O3/c1-3-15(19(21)22-11-10-20)12-14(2)17-9-8-16-6-4-5-7-18(16)13-17/h4-9,13-15,20H,3,10-12H2,1-2H3. The Hall–Kier alpha value is -1.87. The van der Waals surface area contributed by atoms with Gasteiger partial charge in [0, 0.05) is 0 Å². The largest absolute Gasteiger partial charge is 0.463 e. The Morgan fingerprint density at radius 2 is 1.91 bits per heavy atom. The Bertz CT molecular complexity index is 621. The molecule has 1 N–H and O–H groups in total. The predicted molar refractivity (Wildman–Crippen MR) is 88.8 cm³/mol. The van der Waals surface area contributed by atoms with Gasteiger partial charge in [0.05, 0.1) is 12.5 Å². The van der Waals surface area contributed by atoms with E-state index >= 15 is 0 Å². The summed E-state index contributed by atoms with van der Waals surface area (Å²) in [6.07, 6.45) is 1.52. The lowest BCUT2D eigenvalue weighted by atomic mass is 9.88. The minimum atomic E-state index is -0.204. The van der Waals surface area contributed by atoms with Crippen LogP contribution >= 0.6 is 0 Å². The maximum Gasteiger partial charge on any atom is 0.309 e. The van der Waals surface area contributed by atoms with Crippen LogP contribution in [0.2, 0.25) is 0 Å². The number of esters is 1. The Morgan fingerprint density at radius 1 is 1.18 bits per heavy atom. The minimum absolute atomic E-state index is 0.0830. The summed E-state index contributed by atoms with van der Waals surface area (Å²) in [6.45, 7) is 4.10. The van der Waals surface area contributed by atoms with Crippen LogP contribution in [-0.2, 0) is 9.53 Å². The molecule has 0 heterocycles. The first-order valence-corrected chi connectivity index (χ1v) is 7.92. The van der Waals surface area contributed by atoms with Gasteiger partial charge in [-0.2, -0.15) is 0 Å². The van der Waals surface area contributed by atoms with E-state index in [0.29, 0.717) is 0 Å². The van der Waals surface area contributed by atoms with E-state index in [2.05, 4.69) is 37.3 Å². The summed E-state index contributed by atoms with van der Waals surface area (Å²) in [5, 5.41) is 11.2. The van der Waals surface area contributed by atoms with Crippen LogP contribution in [0.1, 0.15) is 38.2 Å². The van der Waals surface area contributed by atoms with E-state index in [4.69, 9.17) is 9.84 Å². The third kappa shape index (κ3) is 4.08. The van der Waals surface area contributed by atoms with Crippen molar-refractivity contribution in [2.45, 2.75) is 32.6 Å². The summed E-state index contributed by atoms with van der Waals surface area (Å²) in [4.78, 5) is 12.0. The van der Waals surface area contributed by atoms with E-state index in [9.17, 15) is 4.79 Å². The maximum atomic E-state index is 12.0. The first-order chi connectivity index (χ1) is 10.7. The van der Waals surface area contributed by atoms with Crippen molar-refractivity contribution >= 4 is 16.7 Å². The van der Waals surface area contributed by atoms with Crippen molar-refractivity contribution in [3.8, 4) is 0 Å². The molecule has 3 nitrogen and oxygen atoms in total. The average Bonchev–Trinajstić information content (AvgIpc) is 2.56. The lowest BCUT2D eigenvalue weighted by Crippen LogP contribution is -2.20. The van der Waals surface area contributed by atoms with Gasteiger partial charge in [0.25, 0.3) is 0 Å². The molecule has 0 aliphatic rings. The van der Waals surface area contributed by atoms with Crippen molar-refractivity contribution in [2.24, 2.45) is 5.92 Å². The first-order valence-electron chi connectivity index (χ1n) is 7.92. The Morgan fingerprint density at radius 3 is 2.59 bits per heavy atom. The van der Waals surface area contributed by atoms with Crippen molar-refractivity contribution in [1.29, 1.82) is 0 Å². The molecule has 0 aliphatic carbocycles. The van der Waals surface area contributed by atoms with E-state index in [1.54, 1.807) is 0 Å². The number of carbonyl (C=O) groups is 1. The number of rotatable bonds is 7. The highest BCUT2D eigenvalue weighted by Crippen LogP contribution is 2.28. The van der Waals surface area contributed by atoms with Gasteiger partial charge in [-0.05, 0) is 35.1 Å². The number of carbonyl (C=O) groups excluding carboxylic acids is 1. The van der Waals surface area contributed by atoms with Gasteiger partial charge >= 0.3 is 5.97 Å². The summed E-state index contributed by atoms with van der Waals surface area (Å²) in [7, 11) is 0. The molecule has 0 saturated heterocycles. The summed E-state index contributed by atoms with van der Waals surface area (Å²) in [5.74, 6) is -0.0338. The highest BCUT2D eigenvalue weighted by molar-refractivity contribution is 5.83. The molecule has 2 aromatic rings. The second-order valence-corrected chi connectivity index (χ2v) is 5.74. The molecule has 3 heteroatoms. The van der Waals surface area contributed by atoms with Crippen LogP contribution in [0.15, 0.2) is 42.5 Å². The molecule has 2 aromatic carbocycles. The molecule has 0 aromatic heterocycles. The number of aliphatic hydroxyl groups is 1. The Balaban J connectivity index is 2.08. The van der Waals surface area contributed by atoms with Crippen LogP contribution in [0.3, 0.4) is 0 Å².